The highest BCUT2D eigenvalue weighted by Crippen LogP contribution is 2.24. The molecular formula is C20H23N5O2. The Morgan fingerprint density at radius 3 is 2.81 bits per heavy atom. The van der Waals surface area contributed by atoms with Crippen LogP contribution in [0.1, 0.15) is 22.8 Å². The number of carbonyl (C=O) groups is 2. The second-order valence-corrected chi connectivity index (χ2v) is 6.96. The summed E-state index contributed by atoms with van der Waals surface area (Å²) in [7, 11) is 0. The molecule has 7 heteroatoms. The van der Waals surface area contributed by atoms with Gasteiger partial charge in [0.05, 0.1) is 0 Å². The third-order valence-electron chi connectivity index (χ3n) is 5.24. The van der Waals surface area contributed by atoms with Crippen LogP contribution < -0.4 is 15.5 Å². The van der Waals surface area contributed by atoms with Gasteiger partial charge in [0, 0.05) is 61.6 Å². The number of hydrogen-bond acceptors (Lipinski definition) is 4. The van der Waals surface area contributed by atoms with Crippen molar-refractivity contribution in [2.24, 2.45) is 0 Å². The van der Waals surface area contributed by atoms with Crippen LogP contribution in [0.4, 0.5) is 16.2 Å². The number of carbonyl (C=O) groups excluding carboxylic acids is 2. The Morgan fingerprint density at radius 1 is 1.22 bits per heavy atom. The second kappa shape index (κ2) is 7.26. The molecule has 1 fully saturated rings. The van der Waals surface area contributed by atoms with E-state index in [9.17, 15) is 9.59 Å². The summed E-state index contributed by atoms with van der Waals surface area (Å²) in [6.45, 7) is 4.84. The van der Waals surface area contributed by atoms with E-state index in [1.165, 1.54) is 0 Å². The molecule has 140 valence electrons. The van der Waals surface area contributed by atoms with Crippen LogP contribution in [0.15, 0.2) is 42.7 Å². The van der Waals surface area contributed by atoms with Gasteiger partial charge in [0.25, 0.3) is 5.91 Å². The van der Waals surface area contributed by atoms with Gasteiger partial charge in [-0.15, -0.1) is 0 Å². The molecule has 2 aliphatic rings. The zero-order valence-corrected chi connectivity index (χ0v) is 15.3. The topological polar surface area (TPSA) is 77.6 Å². The van der Waals surface area contributed by atoms with Gasteiger partial charge in [-0.05, 0) is 43.2 Å². The molecule has 3 amide bonds. The standard InChI is InChI=1S/C20H23N5O2/c1-14-13-24(15-5-8-21-9-6-15)11-12-25(14)20(27)23-18-4-2-3-17-16(18)7-10-22-19(17)26/h2-6,8-9,14H,7,10-13H2,1H3,(H,22,26)(H,23,27). The number of nitrogens with zero attached hydrogens (tertiary/aromatic N) is 3. The van der Waals surface area contributed by atoms with Gasteiger partial charge in [0.1, 0.15) is 0 Å². The molecule has 0 bridgehead atoms. The average Bonchev–Trinajstić information content (AvgIpc) is 2.69. The summed E-state index contributed by atoms with van der Waals surface area (Å²) in [5.41, 5.74) is 3.42. The number of hydrogen-bond donors (Lipinski definition) is 2. The first-order valence-electron chi connectivity index (χ1n) is 9.26. The molecular weight excluding hydrogens is 342 g/mol. The second-order valence-electron chi connectivity index (χ2n) is 6.96. The summed E-state index contributed by atoms with van der Waals surface area (Å²) in [6, 6.07) is 9.42. The summed E-state index contributed by atoms with van der Waals surface area (Å²) >= 11 is 0. The van der Waals surface area contributed by atoms with E-state index in [1.54, 1.807) is 18.5 Å². The highest BCUT2D eigenvalue weighted by molar-refractivity contribution is 6.00. The number of amides is 3. The maximum Gasteiger partial charge on any atom is 0.322 e. The molecule has 0 radical (unpaired) electrons. The van der Waals surface area contributed by atoms with E-state index in [1.807, 2.05) is 29.2 Å². The third kappa shape index (κ3) is 3.45. The predicted molar refractivity (Wildman–Crippen MR) is 104 cm³/mol. The normalized spacial score (nSPS) is 19.3. The number of piperazine rings is 1. The van der Waals surface area contributed by atoms with Crippen molar-refractivity contribution in [3.63, 3.8) is 0 Å². The molecule has 1 aromatic carbocycles. The summed E-state index contributed by atoms with van der Waals surface area (Å²) in [5, 5.41) is 5.86. The van der Waals surface area contributed by atoms with Gasteiger partial charge < -0.3 is 20.4 Å². The molecule has 2 N–H and O–H groups in total. The van der Waals surface area contributed by atoms with Crippen molar-refractivity contribution in [1.82, 2.24) is 15.2 Å². The van der Waals surface area contributed by atoms with Crippen LogP contribution in [0, 0.1) is 0 Å². The molecule has 0 spiro atoms. The van der Waals surface area contributed by atoms with Gasteiger partial charge in [-0.1, -0.05) is 6.07 Å². The highest BCUT2D eigenvalue weighted by Gasteiger charge is 2.28. The van der Waals surface area contributed by atoms with Crippen LogP contribution in [-0.2, 0) is 6.42 Å². The molecule has 0 saturated carbocycles. The minimum Gasteiger partial charge on any atom is -0.368 e. The van der Waals surface area contributed by atoms with Gasteiger partial charge in [-0.25, -0.2) is 4.79 Å². The monoisotopic (exact) mass is 365 g/mol. The van der Waals surface area contributed by atoms with Crippen LogP contribution in [0.25, 0.3) is 0 Å². The number of benzene rings is 1. The zero-order valence-electron chi connectivity index (χ0n) is 15.3. The Morgan fingerprint density at radius 2 is 2.04 bits per heavy atom. The van der Waals surface area contributed by atoms with Crippen molar-refractivity contribution in [1.29, 1.82) is 0 Å². The first-order chi connectivity index (χ1) is 13.1. The number of fused-ring (bicyclic) bond motifs is 1. The fraction of sp³-hybridized carbons (Fsp3) is 0.350. The predicted octanol–water partition coefficient (Wildman–Crippen LogP) is 2.11. The number of rotatable bonds is 2. The Kier molecular flexibility index (Phi) is 4.66. The first kappa shape index (κ1) is 17.3. The maximum atomic E-state index is 12.9. The molecule has 7 nitrogen and oxygen atoms in total. The van der Waals surface area contributed by atoms with E-state index < -0.39 is 0 Å². The lowest BCUT2D eigenvalue weighted by molar-refractivity contribution is 0.0946. The molecule has 1 saturated heterocycles. The lowest BCUT2D eigenvalue weighted by Crippen LogP contribution is -2.55. The molecule has 1 atom stereocenters. The Balaban J connectivity index is 1.45. The van der Waals surface area contributed by atoms with Gasteiger partial charge in [-0.3, -0.25) is 9.78 Å². The van der Waals surface area contributed by atoms with Gasteiger partial charge in [0.2, 0.25) is 0 Å². The third-order valence-corrected chi connectivity index (χ3v) is 5.24. The van der Waals surface area contributed by atoms with Crippen molar-refractivity contribution in [2.75, 3.05) is 36.4 Å². The number of aromatic nitrogens is 1. The van der Waals surface area contributed by atoms with Crippen LogP contribution in [0.5, 0.6) is 0 Å². The van der Waals surface area contributed by atoms with Crippen LogP contribution in [0.3, 0.4) is 0 Å². The quantitative estimate of drug-likeness (QED) is 0.855. The van der Waals surface area contributed by atoms with Crippen LogP contribution in [-0.4, -0.2) is 54.0 Å². The van der Waals surface area contributed by atoms with Crippen molar-refractivity contribution < 1.29 is 9.59 Å². The molecule has 0 aliphatic carbocycles. The molecule has 4 rings (SSSR count). The van der Waals surface area contributed by atoms with E-state index in [4.69, 9.17) is 0 Å². The number of nitrogens with one attached hydrogen (secondary N) is 2. The minimum absolute atomic E-state index is 0.0771. The largest absolute Gasteiger partial charge is 0.368 e. The SMILES string of the molecule is CC1CN(c2ccncc2)CCN1C(=O)Nc1cccc2c1CCNC2=O. The fourth-order valence-corrected chi connectivity index (χ4v) is 3.82. The molecule has 2 aliphatic heterocycles. The lowest BCUT2D eigenvalue weighted by atomic mass is 9.98. The Bertz CT molecular complexity index is 855. The molecule has 1 aromatic heterocycles. The minimum atomic E-state index is -0.115. The van der Waals surface area contributed by atoms with E-state index in [-0.39, 0.29) is 18.0 Å². The number of urea groups is 1. The van der Waals surface area contributed by atoms with Crippen molar-refractivity contribution in [2.45, 2.75) is 19.4 Å². The molecule has 1 unspecified atom stereocenters. The van der Waals surface area contributed by atoms with Crippen molar-refractivity contribution in [3.05, 3.63) is 53.9 Å². The summed E-state index contributed by atoms with van der Waals surface area (Å²) < 4.78 is 0. The van der Waals surface area contributed by atoms with Crippen LogP contribution >= 0.6 is 0 Å². The average molecular weight is 365 g/mol. The molecule has 27 heavy (non-hydrogen) atoms. The highest BCUT2D eigenvalue weighted by atomic mass is 16.2. The lowest BCUT2D eigenvalue weighted by Gasteiger charge is -2.41. The van der Waals surface area contributed by atoms with Gasteiger partial charge in [-0.2, -0.15) is 0 Å². The van der Waals surface area contributed by atoms with Crippen molar-refractivity contribution >= 4 is 23.3 Å². The summed E-state index contributed by atoms with van der Waals surface area (Å²) in [5.74, 6) is -0.0771. The van der Waals surface area contributed by atoms with Crippen molar-refractivity contribution in [3.8, 4) is 0 Å². The van der Waals surface area contributed by atoms with Gasteiger partial charge in [0.15, 0.2) is 0 Å². The maximum absolute atomic E-state index is 12.9. The van der Waals surface area contributed by atoms with E-state index in [2.05, 4.69) is 27.4 Å². The fourth-order valence-electron chi connectivity index (χ4n) is 3.82. The van der Waals surface area contributed by atoms with Gasteiger partial charge >= 0.3 is 6.03 Å². The molecule has 3 heterocycles. The first-order valence-corrected chi connectivity index (χ1v) is 9.26. The molecule has 2 aromatic rings. The van der Waals surface area contributed by atoms with E-state index in [0.29, 0.717) is 18.7 Å². The Labute approximate surface area is 158 Å². The van der Waals surface area contributed by atoms with Crippen LogP contribution in [0.2, 0.25) is 0 Å². The smallest absolute Gasteiger partial charge is 0.322 e. The Hall–Kier alpha value is -3.09. The van der Waals surface area contributed by atoms with E-state index in [0.717, 1.165) is 36.4 Å². The number of anilines is 2. The number of pyridine rings is 1. The summed E-state index contributed by atoms with van der Waals surface area (Å²) in [4.78, 5) is 33.1. The van der Waals surface area contributed by atoms with E-state index >= 15 is 0 Å². The zero-order chi connectivity index (χ0) is 18.8. The summed E-state index contributed by atoms with van der Waals surface area (Å²) in [6.07, 6.45) is 4.30.